The van der Waals surface area contributed by atoms with Crippen LogP contribution in [0.25, 0.3) is 6.08 Å². The molecule has 4 nitrogen and oxygen atoms in total. The zero-order valence-electron chi connectivity index (χ0n) is 14.5. The van der Waals surface area contributed by atoms with Crippen molar-refractivity contribution >= 4 is 17.7 Å². The van der Waals surface area contributed by atoms with E-state index in [2.05, 4.69) is 31.9 Å². The largest absolute Gasteiger partial charge is 0.381 e. The molecule has 1 N–H and O–H groups in total. The van der Waals surface area contributed by atoms with E-state index in [0.29, 0.717) is 6.54 Å². The van der Waals surface area contributed by atoms with Crippen LogP contribution in [0.15, 0.2) is 42.5 Å². The van der Waals surface area contributed by atoms with Gasteiger partial charge in [-0.3, -0.25) is 0 Å². The molecule has 1 heterocycles. The fourth-order valence-electron chi connectivity index (χ4n) is 3.41. The van der Waals surface area contributed by atoms with E-state index in [9.17, 15) is 5.11 Å². The summed E-state index contributed by atoms with van der Waals surface area (Å²) in [6, 6.07) is 7.73. The minimum Gasteiger partial charge on any atom is -0.381 e. The zero-order chi connectivity index (χ0) is 17.4. The topological polar surface area (TPSA) is 41.9 Å². The first-order chi connectivity index (χ1) is 11.3. The Kier molecular flexibility index (Phi) is 4.54. The number of aryl methyl sites for hydroxylation is 1. The lowest BCUT2D eigenvalue weighted by Gasteiger charge is -2.36. The molecule has 24 heavy (non-hydrogen) atoms. The van der Waals surface area contributed by atoms with Gasteiger partial charge in [-0.1, -0.05) is 43.7 Å². The molecule has 0 radical (unpaired) electrons. The maximum absolute atomic E-state index is 11.6. The Morgan fingerprint density at radius 3 is 2.67 bits per heavy atom. The van der Waals surface area contributed by atoms with Crippen LogP contribution in [-0.4, -0.2) is 20.5 Å². The van der Waals surface area contributed by atoms with Crippen molar-refractivity contribution in [3.63, 3.8) is 0 Å². The number of hydrogen-bond donors (Lipinski definition) is 1. The molecule has 0 amide bonds. The third kappa shape index (κ3) is 3.13. The Labute approximate surface area is 148 Å². The van der Waals surface area contributed by atoms with E-state index >= 15 is 0 Å². The first-order valence-corrected chi connectivity index (χ1v) is 8.82. The monoisotopic (exact) mass is 346 g/mol. The molecular weight excluding hydrogens is 322 g/mol. The summed E-state index contributed by atoms with van der Waals surface area (Å²) >= 11 is 5.97. The summed E-state index contributed by atoms with van der Waals surface area (Å²) in [5.41, 5.74) is 1.02. The third-order valence-corrected chi connectivity index (χ3v) is 5.52. The summed E-state index contributed by atoms with van der Waals surface area (Å²) in [5.74, 6) is 0. The SMILES string of the molecule is CC[n+]1cnn(CC2(O)/C(=C/c3ccc(Cl)cc3)CCC2(C)C)c1. The Hall–Kier alpha value is -1.65. The number of aromatic nitrogens is 3. The van der Waals surface area contributed by atoms with Gasteiger partial charge < -0.3 is 5.11 Å². The molecule has 128 valence electrons. The molecule has 0 aliphatic heterocycles. The Morgan fingerprint density at radius 2 is 2.04 bits per heavy atom. The van der Waals surface area contributed by atoms with Gasteiger partial charge in [-0.05, 0) is 43.0 Å². The molecule has 0 bridgehead atoms. The van der Waals surface area contributed by atoms with E-state index in [1.807, 2.05) is 39.8 Å². The van der Waals surface area contributed by atoms with E-state index in [1.54, 1.807) is 6.33 Å². The van der Waals surface area contributed by atoms with Crippen molar-refractivity contribution in [2.75, 3.05) is 0 Å². The van der Waals surface area contributed by atoms with Gasteiger partial charge in [-0.2, -0.15) is 0 Å². The van der Waals surface area contributed by atoms with Gasteiger partial charge in [0.05, 0.1) is 6.54 Å². The second kappa shape index (κ2) is 6.34. The molecule has 2 aromatic rings. The van der Waals surface area contributed by atoms with Crippen LogP contribution in [0.2, 0.25) is 5.02 Å². The quantitative estimate of drug-likeness (QED) is 0.861. The molecular formula is C19H25ClN3O+. The van der Waals surface area contributed by atoms with Crippen LogP contribution in [0.5, 0.6) is 0 Å². The van der Waals surface area contributed by atoms with Gasteiger partial charge in [0.15, 0.2) is 0 Å². The maximum Gasteiger partial charge on any atom is 0.265 e. The first-order valence-electron chi connectivity index (χ1n) is 8.44. The van der Waals surface area contributed by atoms with Gasteiger partial charge >= 0.3 is 0 Å². The molecule has 1 aliphatic carbocycles. The van der Waals surface area contributed by atoms with Gasteiger partial charge in [0.25, 0.3) is 6.33 Å². The second-order valence-electron chi connectivity index (χ2n) is 7.24. The molecule has 3 rings (SSSR count). The van der Waals surface area contributed by atoms with Crippen molar-refractivity contribution in [3.05, 3.63) is 53.1 Å². The molecule has 0 saturated heterocycles. The highest BCUT2D eigenvalue weighted by atomic mass is 35.5. The van der Waals surface area contributed by atoms with Crippen LogP contribution in [0.3, 0.4) is 0 Å². The standard InChI is InChI=1S/C19H25ClN3O/c1-4-22-13-21-23(14-22)12-19(24)16(9-10-18(19,2)3)11-15-5-7-17(20)8-6-15/h5-8,11,13-14,24H,4,9-10,12H2,1-3H3/q+1/b16-11+. The third-order valence-electron chi connectivity index (χ3n) is 5.27. The highest BCUT2D eigenvalue weighted by Gasteiger charge is 2.52. The number of nitrogens with zero attached hydrogens (tertiary/aromatic N) is 3. The molecule has 1 aliphatic rings. The molecule has 1 atom stereocenters. The van der Waals surface area contributed by atoms with Crippen LogP contribution < -0.4 is 4.57 Å². The Bertz CT molecular complexity index is 748. The van der Waals surface area contributed by atoms with Crippen LogP contribution in [-0.2, 0) is 13.1 Å². The van der Waals surface area contributed by atoms with Crippen LogP contribution in [0, 0.1) is 5.41 Å². The highest BCUT2D eigenvalue weighted by molar-refractivity contribution is 6.30. The summed E-state index contributed by atoms with van der Waals surface area (Å²) < 4.78 is 3.85. The summed E-state index contributed by atoms with van der Waals surface area (Å²) in [6.07, 6.45) is 7.70. The van der Waals surface area contributed by atoms with Crippen LogP contribution in [0.4, 0.5) is 0 Å². The van der Waals surface area contributed by atoms with E-state index in [0.717, 1.165) is 35.5 Å². The van der Waals surface area contributed by atoms with Gasteiger partial charge in [0.2, 0.25) is 6.33 Å². The molecule has 1 unspecified atom stereocenters. The molecule has 0 spiro atoms. The van der Waals surface area contributed by atoms with Gasteiger partial charge in [-0.15, -0.1) is 4.68 Å². The normalized spacial score (nSPS) is 24.6. The molecule has 1 saturated carbocycles. The van der Waals surface area contributed by atoms with Crippen LogP contribution in [0.1, 0.15) is 39.2 Å². The van der Waals surface area contributed by atoms with Crippen molar-refractivity contribution in [3.8, 4) is 0 Å². The van der Waals surface area contributed by atoms with E-state index in [1.165, 1.54) is 0 Å². The fourth-order valence-corrected chi connectivity index (χ4v) is 3.53. The van der Waals surface area contributed by atoms with Crippen molar-refractivity contribution in [1.82, 2.24) is 9.78 Å². The lowest BCUT2D eigenvalue weighted by Crippen LogP contribution is -2.45. The van der Waals surface area contributed by atoms with Crippen molar-refractivity contribution < 1.29 is 9.67 Å². The zero-order valence-corrected chi connectivity index (χ0v) is 15.3. The number of benzene rings is 1. The Balaban J connectivity index is 1.94. The van der Waals surface area contributed by atoms with Crippen molar-refractivity contribution in [2.24, 2.45) is 5.41 Å². The Morgan fingerprint density at radius 1 is 1.33 bits per heavy atom. The molecule has 1 aromatic carbocycles. The fraction of sp³-hybridized carbons (Fsp3) is 0.474. The summed E-state index contributed by atoms with van der Waals surface area (Å²) in [4.78, 5) is 0. The average molecular weight is 347 g/mol. The molecule has 5 heteroatoms. The van der Waals surface area contributed by atoms with Gasteiger partial charge in [0.1, 0.15) is 12.1 Å². The average Bonchev–Trinajstić information content (AvgIpc) is 3.07. The number of aliphatic hydroxyl groups is 1. The lowest BCUT2D eigenvalue weighted by molar-refractivity contribution is -0.694. The van der Waals surface area contributed by atoms with Crippen molar-refractivity contribution in [1.29, 1.82) is 0 Å². The smallest absolute Gasteiger partial charge is 0.265 e. The summed E-state index contributed by atoms with van der Waals surface area (Å²) in [7, 11) is 0. The number of hydrogen-bond acceptors (Lipinski definition) is 2. The molecule has 1 aromatic heterocycles. The van der Waals surface area contributed by atoms with E-state index < -0.39 is 5.60 Å². The maximum atomic E-state index is 11.6. The van der Waals surface area contributed by atoms with Crippen molar-refractivity contribution in [2.45, 2.75) is 52.3 Å². The van der Waals surface area contributed by atoms with E-state index in [4.69, 9.17) is 11.6 Å². The van der Waals surface area contributed by atoms with Crippen LogP contribution >= 0.6 is 11.6 Å². The highest BCUT2D eigenvalue weighted by Crippen LogP contribution is 2.50. The predicted octanol–water partition coefficient (Wildman–Crippen LogP) is 3.48. The second-order valence-corrected chi connectivity index (χ2v) is 7.68. The van der Waals surface area contributed by atoms with Gasteiger partial charge in [0, 0.05) is 15.5 Å². The van der Waals surface area contributed by atoms with Gasteiger partial charge in [-0.25, -0.2) is 4.57 Å². The minimum absolute atomic E-state index is 0.200. The minimum atomic E-state index is -0.912. The number of rotatable bonds is 4. The summed E-state index contributed by atoms with van der Waals surface area (Å²) in [5, 5.41) is 16.7. The molecule has 1 fully saturated rings. The predicted molar refractivity (Wildman–Crippen MR) is 95.5 cm³/mol. The summed E-state index contributed by atoms with van der Waals surface area (Å²) in [6.45, 7) is 7.67. The van der Waals surface area contributed by atoms with E-state index in [-0.39, 0.29) is 5.41 Å². The lowest BCUT2D eigenvalue weighted by atomic mass is 9.76. The first kappa shape index (κ1) is 17.2. The number of halogens is 1.